The van der Waals surface area contributed by atoms with Crippen molar-refractivity contribution in [3.8, 4) is 17.1 Å². The Morgan fingerprint density at radius 2 is 1.88 bits per heavy atom. The number of carbonyl (C=O) groups excluding carboxylic acids is 2. The number of nitrogens with one attached hydrogen (secondary N) is 2. The molecule has 1 aliphatic carbocycles. The van der Waals surface area contributed by atoms with E-state index in [4.69, 9.17) is 4.74 Å². The third-order valence-electron chi connectivity index (χ3n) is 6.89. The van der Waals surface area contributed by atoms with E-state index in [1.807, 2.05) is 6.07 Å². The van der Waals surface area contributed by atoms with Gasteiger partial charge in [-0.3, -0.25) is 14.7 Å². The fraction of sp³-hybridized carbons (Fsp3) is 0.583. The van der Waals surface area contributed by atoms with Gasteiger partial charge < -0.3 is 15.0 Å². The van der Waals surface area contributed by atoms with Crippen molar-refractivity contribution in [3.63, 3.8) is 0 Å². The molecule has 0 bridgehead atoms. The lowest BCUT2D eigenvalue weighted by molar-refractivity contribution is -0.127. The number of pyridine rings is 1. The second-order valence-electron chi connectivity index (χ2n) is 9.77. The molecular weight excluding hydrogens is 406 g/mol. The Balaban J connectivity index is 1.29. The van der Waals surface area contributed by atoms with Gasteiger partial charge in [0.1, 0.15) is 0 Å². The van der Waals surface area contributed by atoms with Crippen LogP contribution in [0.3, 0.4) is 0 Å². The summed E-state index contributed by atoms with van der Waals surface area (Å²) < 4.78 is 5.16. The second-order valence-corrected chi connectivity index (χ2v) is 9.77. The number of hydrogen-bond acceptors (Lipinski definition) is 5. The fourth-order valence-electron chi connectivity index (χ4n) is 4.64. The summed E-state index contributed by atoms with van der Waals surface area (Å²) in [6.07, 6.45) is 7.46. The van der Waals surface area contributed by atoms with Gasteiger partial charge in [0, 0.05) is 42.9 Å². The van der Waals surface area contributed by atoms with Crippen LogP contribution in [-0.4, -0.2) is 58.1 Å². The zero-order valence-corrected chi connectivity index (χ0v) is 19.2. The van der Waals surface area contributed by atoms with Crippen molar-refractivity contribution in [3.05, 3.63) is 30.1 Å². The first-order valence-electron chi connectivity index (χ1n) is 11.5. The van der Waals surface area contributed by atoms with Crippen LogP contribution in [0.4, 0.5) is 0 Å². The van der Waals surface area contributed by atoms with Crippen LogP contribution in [0.2, 0.25) is 0 Å². The Bertz CT molecular complexity index is 952. The first-order valence-corrected chi connectivity index (χ1v) is 11.5. The van der Waals surface area contributed by atoms with Gasteiger partial charge in [-0.15, -0.1) is 0 Å². The van der Waals surface area contributed by atoms with E-state index in [0.29, 0.717) is 49.0 Å². The Morgan fingerprint density at radius 3 is 2.56 bits per heavy atom. The summed E-state index contributed by atoms with van der Waals surface area (Å²) in [6.45, 7) is 5.74. The number of aromatic nitrogens is 3. The Kier molecular flexibility index (Phi) is 6.48. The van der Waals surface area contributed by atoms with Crippen molar-refractivity contribution in [1.82, 2.24) is 25.4 Å². The van der Waals surface area contributed by atoms with Crippen LogP contribution in [0, 0.1) is 11.3 Å². The van der Waals surface area contributed by atoms with E-state index in [1.54, 1.807) is 30.3 Å². The van der Waals surface area contributed by atoms with Gasteiger partial charge in [-0.05, 0) is 56.1 Å². The minimum absolute atomic E-state index is 0.0204. The van der Waals surface area contributed by atoms with Crippen molar-refractivity contribution in [2.24, 2.45) is 11.3 Å². The van der Waals surface area contributed by atoms with E-state index in [2.05, 4.69) is 34.3 Å². The number of ether oxygens (including phenoxy) is 1. The van der Waals surface area contributed by atoms with Gasteiger partial charge >= 0.3 is 0 Å². The van der Waals surface area contributed by atoms with E-state index in [-0.39, 0.29) is 17.7 Å². The van der Waals surface area contributed by atoms with Gasteiger partial charge in [-0.25, -0.2) is 4.98 Å². The van der Waals surface area contributed by atoms with E-state index in [0.717, 1.165) is 36.9 Å². The zero-order valence-electron chi connectivity index (χ0n) is 19.2. The van der Waals surface area contributed by atoms with Gasteiger partial charge in [0.15, 0.2) is 5.69 Å². The highest BCUT2D eigenvalue weighted by Gasteiger charge is 2.32. The molecule has 2 N–H and O–H groups in total. The molecule has 4 rings (SSSR count). The lowest BCUT2D eigenvalue weighted by Gasteiger charge is -2.36. The van der Waals surface area contributed by atoms with Crippen molar-refractivity contribution < 1.29 is 14.3 Å². The molecule has 2 fully saturated rings. The SMILES string of the molecule is COc1cc(-c2cc(C(=O)N3CCC(C(=O)NC4CCC(C)(C)CC4)CC3)n[nH]2)ccn1. The summed E-state index contributed by atoms with van der Waals surface area (Å²) in [5, 5.41) is 10.4. The average molecular weight is 440 g/mol. The maximum Gasteiger partial charge on any atom is 0.274 e. The van der Waals surface area contributed by atoms with Crippen LogP contribution in [0.15, 0.2) is 24.4 Å². The van der Waals surface area contributed by atoms with Crippen LogP contribution in [0.5, 0.6) is 5.88 Å². The van der Waals surface area contributed by atoms with Crippen LogP contribution >= 0.6 is 0 Å². The molecule has 0 spiro atoms. The number of rotatable bonds is 5. The smallest absolute Gasteiger partial charge is 0.274 e. The first kappa shape index (κ1) is 22.3. The minimum Gasteiger partial charge on any atom is -0.481 e. The number of nitrogens with zero attached hydrogens (tertiary/aromatic N) is 3. The predicted molar refractivity (Wildman–Crippen MR) is 121 cm³/mol. The van der Waals surface area contributed by atoms with Crippen LogP contribution in [-0.2, 0) is 4.79 Å². The predicted octanol–water partition coefficient (Wildman–Crippen LogP) is 3.42. The number of likely N-dealkylation sites (tertiary alicyclic amines) is 1. The number of hydrogen-bond donors (Lipinski definition) is 2. The number of methoxy groups -OCH3 is 1. The molecule has 0 aromatic carbocycles. The van der Waals surface area contributed by atoms with E-state index in [1.165, 1.54) is 0 Å². The molecule has 2 aromatic heterocycles. The lowest BCUT2D eigenvalue weighted by atomic mass is 9.75. The third-order valence-corrected chi connectivity index (χ3v) is 6.89. The van der Waals surface area contributed by atoms with Crippen molar-refractivity contribution in [1.29, 1.82) is 0 Å². The highest BCUT2D eigenvalue weighted by molar-refractivity contribution is 5.93. The van der Waals surface area contributed by atoms with Gasteiger partial charge in [0.25, 0.3) is 5.91 Å². The van der Waals surface area contributed by atoms with Crippen LogP contribution in [0.1, 0.15) is 62.9 Å². The summed E-state index contributed by atoms with van der Waals surface area (Å²) >= 11 is 0. The molecule has 172 valence electrons. The topological polar surface area (TPSA) is 100 Å². The number of carbonyl (C=O) groups is 2. The standard InChI is InChI=1S/C24H33N5O3/c1-24(2)9-4-18(5-10-24)26-22(30)16-7-12-29(13-8-16)23(31)20-15-19(27-28-20)17-6-11-25-21(14-17)32-3/h6,11,14-16,18H,4-5,7-10,12-13H2,1-3H3,(H,26,30)(H,27,28). The number of aromatic amines is 1. The number of H-pyrrole nitrogens is 1. The molecule has 0 unspecified atom stereocenters. The molecule has 2 aliphatic rings. The molecule has 8 nitrogen and oxygen atoms in total. The molecular formula is C24H33N5O3. The summed E-state index contributed by atoms with van der Waals surface area (Å²) in [4.78, 5) is 31.6. The van der Waals surface area contributed by atoms with E-state index in [9.17, 15) is 9.59 Å². The molecule has 1 aliphatic heterocycles. The van der Waals surface area contributed by atoms with Crippen LogP contribution < -0.4 is 10.1 Å². The van der Waals surface area contributed by atoms with Gasteiger partial charge in [-0.2, -0.15) is 5.10 Å². The summed E-state index contributed by atoms with van der Waals surface area (Å²) in [5.41, 5.74) is 2.36. The van der Waals surface area contributed by atoms with Crippen LogP contribution in [0.25, 0.3) is 11.3 Å². The van der Waals surface area contributed by atoms with E-state index < -0.39 is 0 Å². The quantitative estimate of drug-likeness (QED) is 0.744. The highest BCUT2D eigenvalue weighted by atomic mass is 16.5. The molecule has 0 atom stereocenters. The maximum absolute atomic E-state index is 12.9. The summed E-state index contributed by atoms with van der Waals surface area (Å²) in [6, 6.07) is 5.67. The largest absolute Gasteiger partial charge is 0.481 e. The normalized spacial score (nSPS) is 19.5. The van der Waals surface area contributed by atoms with Gasteiger partial charge in [0.05, 0.1) is 12.8 Å². The monoisotopic (exact) mass is 439 g/mol. The molecule has 8 heteroatoms. The molecule has 32 heavy (non-hydrogen) atoms. The van der Waals surface area contributed by atoms with Crippen molar-refractivity contribution in [2.75, 3.05) is 20.2 Å². The van der Waals surface area contributed by atoms with Crippen molar-refractivity contribution >= 4 is 11.8 Å². The number of amides is 2. The minimum atomic E-state index is -0.109. The third kappa shape index (κ3) is 5.11. The molecule has 3 heterocycles. The number of piperidine rings is 1. The van der Waals surface area contributed by atoms with E-state index >= 15 is 0 Å². The summed E-state index contributed by atoms with van der Waals surface area (Å²) in [7, 11) is 1.56. The molecule has 1 saturated heterocycles. The lowest BCUT2D eigenvalue weighted by Crippen LogP contribution is -2.46. The van der Waals surface area contributed by atoms with Crippen molar-refractivity contribution in [2.45, 2.75) is 58.4 Å². The fourth-order valence-corrected chi connectivity index (χ4v) is 4.64. The van der Waals surface area contributed by atoms with Gasteiger partial charge in [-0.1, -0.05) is 13.8 Å². The molecule has 0 radical (unpaired) electrons. The summed E-state index contributed by atoms with van der Waals surface area (Å²) in [5.74, 6) is 0.521. The average Bonchev–Trinajstić information content (AvgIpc) is 3.30. The highest BCUT2D eigenvalue weighted by Crippen LogP contribution is 2.35. The zero-order chi connectivity index (χ0) is 22.7. The second kappa shape index (κ2) is 9.30. The molecule has 2 amide bonds. The van der Waals surface area contributed by atoms with Gasteiger partial charge in [0.2, 0.25) is 11.8 Å². The molecule has 2 aromatic rings. The maximum atomic E-state index is 12.9. The Hall–Kier alpha value is -2.90. The molecule has 1 saturated carbocycles. The Morgan fingerprint density at radius 1 is 1.16 bits per heavy atom. The first-order chi connectivity index (χ1) is 15.3. The Labute approximate surface area is 189 Å².